The average Bonchev–Trinajstić information content (AvgIpc) is 2.71. The lowest BCUT2D eigenvalue weighted by molar-refractivity contribution is 0.875. The van der Waals surface area contributed by atoms with E-state index in [1.807, 2.05) is 6.07 Å². The molecule has 0 saturated carbocycles. The molecule has 0 amide bonds. The SMILES string of the molecule is N#Cc1ncn(-c2cc(Cl)c(Cl)cc2N)n1. The van der Waals surface area contributed by atoms with E-state index in [-0.39, 0.29) is 5.82 Å². The second-order valence-electron chi connectivity index (χ2n) is 2.95. The molecular formula is C9H5Cl2N5. The lowest BCUT2D eigenvalue weighted by Crippen LogP contribution is -2.00. The number of nitriles is 1. The molecule has 2 rings (SSSR count). The van der Waals surface area contributed by atoms with Crippen LogP contribution in [0.3, 0.4) is 0 Å². The Bertz CT molecular complexity index is 584. The summed E-state index contributed by atoms with van der Waals surface area (Å²) in [4.78, 5) is 3.76. The van der Waals surface area contributed by atoms with E-state index in [2.05, 4.69) is 10.1 Å². The Hall–Kier alpha value is -1.77. The maximum Gasteiger partial charge on any atom is 0.252 e. The topological polar surface area (TPSA) is 80.5 Å². The molecule has 80 valence electrons. The van der Waals surface area contributed by atoms with Gasteiger partial charge in [0.05, 0.1) is 21.4 Å². The molecule has 2 aromatic rings. The van der Waals surface area contributed by atoms with Crippen molar-refractivity contribution in [3.8, 4) is 11.8 Å². The van der Waals surface area contributed by atoms with Crippen LogP contribution in [-0.4, -0.2) is 14.8 Å². The van der Waals surface area contributed by atoms with Crippen molar-refractivity contribution in [3.05, 3.63) is 34.3 Å². The van der Waals surface area contributed by atoms with Gasteiger partial charge in [0.25, 0.3) is 5.82 Å². The average molecular weight is 254 g/mol. The molecule has 0 radical (unpaired) electrons. The number of nitrogens with zero attached hydrogens (tertiary/aromatic N) is 4. The summed E-state index contributed by atoms with van der Waals surface area (Å²) in [5, 5.41) is 13.2. The number of hydrogen-bond donors (Lipinski definition) is 1. The highest BCUT2D eigenvalue weighted by atomic mass is 35.5. The van der Waals surface area contributed by atoms with Crippen LogP contribution in [0, 0.1) is 11.3 Å². The van der Waals surface area contributed by atoms with Crippen LogP contribution >= 0.6 is 23.2 Å². The van der Waals surface area contributed by atoms with Gasteiger partial charge in [0, 0.05) is 0 Å². The maximum atomic E-state index is 8.60. The quantitative estimate of drug-likeness (QED) is 0.789. The lowest BCUT2D eigenvalue weighted by Gasteiger charge is -2.06. The number of aromatic nitrogens is 3. The monoisotopic (exact) mass is 253 g/mol. The van der Waals surface area contributed by atoms with Crippen LogP contribution in [0.25, 0.3) is 5.69 Å². The lowest BCUT2D eigenvalue weighted by atomic mass is 10.3. The molecule has 1 heterocycles. The number of nitrogen functional groups attached to an aromatic ring is 1. The second-order valence-corrected chi connectivity index (χ2v) is 3.76. The molecule has 0 bridgehead atoms. The molecule has 16 heavy (non-hydrogen) atoms. The summed E-state index contributed by atoms with van der Waals surface area (Å²) in [6.07, 6.45) is 1.38. The summed E-state index contributed by atoms with van der Waals surface area (Å²) in [6, 6.07) is 4.90. The number of rotatable bonds is 1. The zero-order chi connectivity index (χ0) is 11.7. The van der Waals surface area contributed by atoms with Crippen molar-refractivity contribution >= 4 is 28.9 Å². The van der Waals surface area contributed by atoms with E-state index in [1.54, 1.807) is 6.07 Å². The van der Waals surface area contributed by atoms with Gasteiger partial charge >= 0.3 is 0 Å². The van der Waals surface area contributed by atoms with Crippen molar-refractivity contribution in [3.63, 3.8) is 0 Å². The van der Waals surface area contributed by atoms with Crippen molar-refractivity contribution in [2.45, 2.75) is 0 Å². The molecule has 0 spiro atoms. The number of anilines is 1. The van der Waals surface area contributed by atoms with Gasteiger partial charge in [0.2, 0.25) is 0 Å². The largest absolute Gasteiger partial charge is 0.397 e. The summed E-state index contributed by atoms with van der Waals surface area (Å²) in [5.74, 6) is 0.0606. The van der Waals surface area contributed by atoms with Crippen molar-refractivity contribution in [1.29, 1.82) is 5.26 Å². The van der Waals surface area contributed by atoms with Crippen LogP contribution in [0.2, 0.25) is 10.0 Å². The van der Waals surface area contributed by atoms with Crippen LogP contribution in [-0.2, 0) is 0 Å². The Morgan fingerprint density at radius 2 is 2.00 bits per heavy atom. The van der Waals surface area contributed by atoms with E-state index in [1.165, 1.54) is 17.1 Å². The summed E-state index contributed by atoms with van der Waals surface area (Å²) in [7, 11) is 0. The highest BCUT2D eigenvalue weighted by Crippen LogP contribution is 2.29. The van der Waals surface area contributed by atoms with Crippen LogP contribution < -0.4 is 5.73 Å². The molecule has 0 unspecified atom stereocenters. The van der Waals surface area contributed by atoms with Crippen molar-refractivity contribution in [1.82, 2.24) is 14.8 Å². The number of halogens is 2. The zero-order valence-corrected chi connectivity index (χ0v) is 9.37. The van der Waals surface area contributed by atoms with Crippen LogP contribution in [0.5, 0.6) is 0 Å². The fourth-order valence-electron chi connectivity index (χ4n) is 1.18. The normalized spacial score (nSPS) is 10.1. The zero-order valence-electron chi connectivity index (χ0n) is 7.85. The van der Waals surface area contributed by atoms with Gasteiger partial charge in [-0.05, 0) is 12.1 Å². The highest BCUT2D eigenvalue weighted by Gasteiger charge is 2.09. The van der Waals surface area contributed by atoms with Crippen molar-refractivity contribution < 1.29 is 0 Å². The standard InChI is InChI=1S/C9H5Cl2N5/c10-5-1-7(13)8(2-6(5)11)16-4-14-9(3-12)15-16/h1-2,4H,13H2. The predicted molar refractivity (Wildman–Crippen MR) is 60.5 cm³/mol. The van der Waals surface area contributed by atoms with E-state index in [0.717, 1.165) is 0 Å². The van der Waals surface area contributed by atoms with Gasteiger partial charge < -0.3 is 5.73 Å². The first-order chi connectivity index (χ1) is 7.61. The van der Waals surface area contributed by atoms with Gasteiger partial charge in [-0.25, -0.2) is 9.67 Å². The van der Waals surface area contributed by atoms with Gasteiger partial charge in [0.15, 0.2) is 0 Å². The highest BCUT2D eigenvalue weighted by molar-refractivity contribution is 6.42. The third-order valence-electron chi connectivity index (χ3n) is 1.91. The van der Waals surface area contributed by atoms with E-state index in [0.29, 0.717) is 21.4 Å². The predicted octanol–water partition coefficient (Wildman–Crippen LogP) is 2.03. The molecular weight excluding hydrogens is 249 g/mol. The van der Waals surface area contributed by atoms with E-state index in [4.69, 9.17) is 34.2 Å². The number of hydrogen-bond acceptors (Lipinski definition) is 4. The Labute approximate surface area is 101 Å². The first kappa shape index (κ1) is 10.7. The van der Waals surface area contributed by atoms with Crippen LogP contribution in [0.15, 0.2) is 18.5 Å². The van der Waals surface area contributed by atoms with Crippen LogP contribution in [0.1, 0.15) is 5.82 Å². The molecule has 7 heteroatoms. The molecule has 0 saturated heterocycles. The first-order valence-electron chi connectivity index (χ1n) is 4.18. The Morgan fingerprint density at radius 1 is 1.31 bits per heavy atom. The number of nitrogens with two attached hydrogens (primary N) is 1. The summed E-state index contributed by atoms with van der Waals surface area (Å²) in [5.41, 5.74) is 6.70. The van der Waals surface area contributed by atoms with E-state index >= 15 is 0 Å². The Morgan fingerprint density at radius 3 is 2.62 bits per heavy atom. The molecule has 1 aromatic heterocycles. The maximum absolute atomic E-state index is 8.60. The van der Waals surface area contributed by atoms with Crippen LogP contribution in [0.4, 0.5) is 5.69 Å². The fraction of sp³-hybridized carbons (Fsp3) is 0. The Kier molecular flexibility index (Phi) is 2.69. The summed E-state index contributed by atoms with van der Waals surface area (Å²) >= 11 is 11.7. The third kappa shape index (κ3) is 1.81. The fourth-order valence-corrected chi connectivity index (χ4v) is 1.51. The third-order valence-corrected chi connectivity index (χ3v) is 2.63. The van der Waals surface area contributed by atoms with Gasteiger partial charge in [-0.3, -0.25) is 0 Å². The molecule has 2 N–H and O–H groups in total. The molecule has 0 atom stereocenters. The Balaban J connectivity index is 2.56. The second kappa shape index (κ2) is 4.00. The molecule has 1 aromatic carbocycles. The minimum Gasteiger partial charge on any atom is -0.397 e. The smallest absolute Gasteiger partial charge is 0.252 e. The van der Waals surface area contributed by atoms with Gasteiger partial charge in [0.1, 0.15) is 12.4 Å². The van der Waals surface area contributed by atoms with E-state index in [9.17, 15) is 0 Å². The van der Waals surface area contributed by atoms with Gasteiger partial charge in [-0.1, -0.05) is 23.2 Å². The van der Waals surface area contributed by atoms with Crippen molar-refractivity contribution in [2.24, 2.45) is 0 Å². The van der Waals surface area contributed by atoms with Gasteiger partial charge in [-0.15, -0.1) is 5.10 Å². The molecule has 5 nitrogen and oxygen atoms in total. The first-order valence-corrected chi connectivity index (χ1v) is 4.94. The summed E-state index contributed by atoms with van der Waals surface area (Å²) < 4.78 is 1.37. The molecule has 0 aliphatic carbocycles. The van der Waals surface area contributed by atoms with E-state index < -0.39 is 0 Å². The minimum absolute atomic E-state index is 0.0606. The minimum atomic E-state index is 0.0606. The number of benzene rings is 1. The summed E-state index contributed by atoms with van der Waals surface area (Å²) in [6.45, 7) is 0. The molecule has 0 aliphatic rings. The molecule has 0 fully saturated rings. The van der Waals surface area contributed by atoms with Gasteiger partial charge in [-0.2, -0.15) is 5.26 Å². The van der Waals surface area contributed by atoms with Crippen molar-refractivity contribution in [2.75, 3.05) is 5.73 Å². The molecule has 0 aliphatic heterocycles.